The molecule has 0 spiro atoms. The van der Waals surface area contributed by atoms with Crippen molar-refractivity contribution < 1.29 is 4.79 Å². The smallest absolute Gasteiger partial charge is 0.268 e. The van der Waals surface area contributed by atoms with Crippen LogP contribution in [-0.4, -0.2) is 23.0 Å². The number of nitrogens with one attached hydrogen (secondary N) is 2. The molecule has 0 radical (unpaired) electrons. The first kappa shape index (κ1) is 12.6. The van der Waals surface area contributed by atoms with Gasteiger partial charge in [0.2, 0.25) is 0 Å². The van der Waals surface area contributed by atoms with Crippen molar-refractivity contribution in [2.24, 2.45) is 5.73 Å². The molecule has 4 nitrogen and oxygen atoms in total. The van der Waals surface area contributed by atoms with Gasteiger partial charge in [-0.25, -0.2) is 0 Å². The number of fused-ring (bicyclic) bond motifs is 1. The number of carbonyl (C=O) groups excluding carboxylic acids is 1. The second-order valence-electron chi connectivity index (χ2n) is 5.32. The summed E-state index contributed by atoms with van der Waals surface area (Å²) >= 11 is 0. The summed E-state index contributed by atoms with van der Waals surface area (Å²) in [7, 11) is 0. The van der Waals surface area contributed by atoms with Gasteiger partial charge in [0, 0.05) is 23.0 Å². The molecule has 0 atom stereocenters. The predicted octanol–water partition coefficient (Wildman–Crippen LogP) is 1.94. The standard InChI is InChI=1S/C14H19N3O/c1-9-4-5-11-10(6-9)7-12(16-11)13(18)17-14(2,3)8-15/h4-7,16H,8,15H2,1-3H3,(H,17,18). The molecule has 0 unspecified atom stereocenters. The molecule has 0 aliphatic rings. The second-order valence-corrected chi connectivity index (χ2v) is 5.32. The Morgan fingerprint density at radius 2 is 2.11 bits per heavy atom. The summed E-state index contributed by atoms with van der Waals surface area (Å²) in [6.45, 7) is 6.23. The van der Waals surface area contributed by atoms with E-state index in [-0.39, 0.29) is 5.91 Å². The Hall–Kier alpha value is -1.81. The largest absolute Gasteiger partial charge is 0.351 e. The van der Waals surface area contributed by atoms with Crippen LogP contribution in [0.4, 0.5) is 0 Å². The van der Waals surface area contributed by atoms with E-state index >= 15 is 0 Å². The molecule has 1 heterocycles. The lowest BCUT2D eigenvalue weighted by Crippen LogP contribution is -2.48. The number of aromatic amines is 1. The molecule has 4 N–H and O–H groups in total. The number of benzene rings is 1. The molecule has 0 fully saturated rings. The van der Waals surface area contributed by atoms with Gasteiger partial charge in [-0.3, -0.25) is 4.79 Å². The topological polar surface area (TPSA) is 70.9 Å². The van der Waals surface area contributed by atoms with E-state index in [0.29, 0.717) is 12.2 Å². The van der Waals surface area contributed by atoms with Crippen LogP contribution in [0.3, 0.4) is 0 Å². The van der Waals surface area contributed by atoms with E-state index < -0.39 is 5.54 Å². The number of hydrogen-bond donors (Lipinski definition) is 3. The first-order chi connectivity index (χ1) is 8.41. The molecule has 0 saturated heterocycles. The molecule has 0 aliphatic heterocycles. The maximum absolute atomic E-state index is 12.1. The normalized spacial score (nSPS) is 11.8. The van der Waals surface area contributed by atoms with E-state index in [1.165, 1.54) is 5.56 Å². The average molecular weight is 245 g/mol. The molecule has 2 aromatic rings. The van der Waals surface area contributed by atoms with Gasteiger partial charge in [0.1, 0.15) is 5.69 Å². The van der Waals surface area contributed by atoms with E-state index in [4.69, 9.17) is 5.73 Å². The number of aryl methyl sites for hydroxylation is 1. The first-order valence-corrected chi connectivity index (χ1v) is 6.03. The predicted molar refractivity (Wildman–Crippen MR) is 73.6 cm³/mol. The van der Waals surface area contributed by atoms with Gasteiger partial charge < -0.3 is 16.0 Å². The van der Waals surface area contributed by atoms with Crippen molar-refractivity contribution in [2.45, 2.75) is 26.3 Å². The van der Waals surface area contributed by atoms with Crippen LogP contribution in [0.25, 0.3) is 10.9 Å². The highest BCUT2D eigenvalue weighted by atomic mass is 16.2. The average Bonchev–Trinajstić information content (AvgIpc) is 2.71. The van der Waals surface area contributed by atoms with Crippen molar-refractivity contribution in [2.75, 3.05) is 6.54 Å². The number of amides is 1. The molecule has 4 heteroatoms. The van der Waals surface area contributed by atoms with E-state index in [0.717, 1.165) is 10.9 Å². The van der Waals surface area contributed by atoms with Crippen LogP contribution in [0.5, 0.6) is 0 Å². The molecule has 1 aromatic heterocycles. The maximum atomic E-state index is 12.1. The van der Waals surface area contributed by atoms with Crippen molar-refractivity contribution in [1.82, 2.24) is 10.3 Å². The zero-order valence-electron chi connectivity index (χ0n) is 11.0. The van der Waals surface area contributed by atoms with Gasteiger partial charge in [-0.2, -0.15) is 0 Å². The highest BCUT2D eigenvalue weighted by Crippen LogP contribution is 2.17. The monoisotopic (exact) mass is 245 g/mol. The number of aromatic nitrogens is 1. The third kappa shape index (κ3) is 2.54. The number of hydrogen-bond acceptors (Lipinski definition) is 2. The van der Waals surface area contributed by atoms with E-state index in [1.54, 1.807) is 0 Å². The molecule has 0 saturated carbocycles. The Bertz CT molecular complexity index is 584. The Kier molecular flexibility index (Phi) is 3.13. The van der Waals surface area contributed by atoms with Crippen LogP contribution < -0.4 is 11.1 Å². The van der Waals surface area contributed by atoms with Crippen molar-refractivity contribution in [1.29, 1.82) is 0 Å². The first-order valence-electron chi connectivity index (χ1n) is 6.03. The summed E-state index contributed by atoms with van der Waals surface area (Å²) in [5.74, 6) is -0.126. The van der Waals surface area contributed by atoms with Gasteiger partial charge in [0.05, 0.1) is 0 Å². The number of H-pyrrole nitrogens is 1. The van der Waals surface area contributed by atoms with Crippen LogP contribution in [0.1, 0.15) is 29.9 Å². The van der Waals surface area contributed by atoms with Crippen molar-refractivity contribution in [3.63, 3.8) is 0 Å². The summed E-state index contributed by atoms with van der Waals surface area (Å²) in [4.78, 5) is 15.2. The number of carbonyl (C=O) groups is 1. The Morgan fingerprint density at radius 1 is 1.39 bits per heavy atom. The third-order valence-electron chi connectivity index (χ3n) is 2.98. The maximum Gasteiger partial charge on any atom is 0.268 e. The lowest BCUT2D eigenvalue weighted by atomic mass is 10.1. The van der Waals surface area contributed by atoms with E-state index in [1.807, 2.05) is 39.0 Å². The molecule has 1 aromatic carbocycles. The fraction of sp³-hybridized carbons (Fsp3) is 0.357. The quantitative estimate of drug-likeness (QED) is 0.773. The summed E-state index contributed by atoms with van der Waals surface area (Å²) in [6.07, 6.45) is 0. The Morgan fingerprint density at radius 3 is 2.78 bits per heavy atom. The minimum atomic E-state index is -0.399. The number of rotatable bonds is 3. The van der Waals surface area contributed by atoms with Gasteiger partial charge in [-0.05, 0) is 39.0 Å². The summed E-state index contributed by atoms with van der Waals surface area (Å²) in [5.41, 5.74) is 7.92. The molecule has 18 heavy (non-hydrogen) atoms. The molecular formula is C14H19N3O. The summed E-state index contributed by atoms with van der Waals surface area (Å²) in [5, 5.41) is 3.95. The zero-order chi connectivity index (χ0) is 13.3. The Balaban J connectivity index is 2.28. The van der Waals surface area contributed by atoms with Gasteiger partial charge in [0.15, 0.2) is 0 Å². The lowest BCUT2D eigenvalue weighted by molar-refractivity contribution is 0.0911. The van der Waals surface area contributed by atoms with Gasteiger partial charge >= 0.3 is 0 Å². The molecule has 96 valence electrons. The lowest BCUT2D eigenvalue weighted by Gasteiger charge is -2.23. The van der Waals surface area contributed by atoms with Crippen molar-refractivity contribution >= 4 is 16.8 Å². The van der Waals surface area contributed by atoms with Crippen LogP contribution in [0, 0.1) is 6.92 Å². The Labute approximate surface area is 107 Å². The second kappa shape index (κ2) is 4.46. The SMILES string of the molecule is Cc1ccc2[nH]c(C(=O)NC(C)(C)CN)cc2c1. The van der Waals surface area contributed by atoms with Crippen LogP contribution in [0.15, 0.2) is 24.3 Å². The van der Waals surface area contributed by atoms with Crippen LogP contribution in [-0.2, 0) is 0 Å². The summed E-state index contributed by atoms with van der Waals surface area (Å²) in [6, 6.07) is 7.92. The fourth-order valence-corrected chi connectivity index (χ4v) is 1.80. The highest BCUT2D eigenvalue weighted by molar-refractivity contribution is 5.98. The highest BCUT2D eigenvalue weighted by Gasteiger charge is 2.20. The molecule has 0 bridgehead atoms. The molecular weight excluding hydrogens is 226 g/mol. The fourth-order valence-electron chi connectivity index (χ4n) is 1.80. The van der Waals surface area contributed by atoms with E-state index in [9.17, 15) is 4.79 Å². The molecule has 2 rings (SSSR count). The third-order valence-corrected chi connectivity index (χ3v) is 2.98. The molecule has 1 amide bonds. The number of nitrogens with two attached hydrogens (primary N) is 1. The van der Waals surface area contributed by atoms with Gasteiger partial charge in [-0.1, -0.05) is 11.6 Å². The van der Waals surface area contributed by atoms with Crippen LogP contribution in [0.2, 0.25) is 0 Å². The molecule has 0 aliphatic carbocycles. The van der Waals surface area contributed by atoms with Gasteiger partial charge in [0.25, 0.3) is 5.91 Å². The minimum absolute atomic E-state index is 0.126. The van der Waals surface area contributed by atoms with E-state index in [2.05, 4.69) is 16.4 Å². The van der Waals surface area contributed by atoms with Crippen LogP contribution >= 0.6 is 0 Å². The minimum Gasteiger partial charge on any atom is -0.351 e. The van der Waals surface area contributed by atoms with Crippen molar-refractivity contribution in [3.05, 3.63) is 35.5 Å². The van der Waals surface area contributed by atoms with Crippen molar-refractivity contribution in [3.8, 4) is 0 Å². The zero-order valence-corrected chi connectivity index (χ0v) is 11.0. The van der Waals surface area contributed by atoms with Gasteiger partial charge in [-0.15, -0.1) is 0 Å². The summed E-state index contributed by atoms with van der Waals surface area (Å²) < 4.78 is 0.